The van der Waals surface area contributed by atoms with E-state index in [0.29, 0.717) is 17.8 Å². The Labute approximate surface area is 161 Å². The van der Waals surface area contributed by atoms with Gasteiger partial charge in [0.05, 0.1) is 17.0 Å². The van der Waals surface area contributed by atoms with Gasteiger partial charge in [0.15, 0.2) is 0 Å². The molecule has 1 aliphatic rings. The lowest BCUT2D eigenvalue weighted by Gasteiger charge is -2.17. The normalized spacial score (nSPS) is 17.5. The molecule has 0 bridgehead atoms. The van der Waals surface area contributed by atoms with Crippen molar-refractivity contribution in [1.29, 1.82) is 0 Å². The molecule has 4 nitrogen and oxygen atoms in total. The molecule has 2 amide bonds. The molecule has 0 saturated carbocycles. The van der Waals surface area contributed by atoms with E-state index < -0.39 is 41.0 Å². The molecular weight excluding hydrogens is 402 g/mol. The van der Waals surface area contributed by atoms with E-state index in [-0.39, 0.29) is 24.9 Å². The molecule has 1 aliphatic heterocycles. The summed E-state index contributed by atoms with van der Waals surface area (Å²) in [5.41, 5.74) is -3.15. The van der Waals surface area contributed by atoms with Crippen LogP contribution >= 0.6 is 0 Å². The summed E-state index contributed by atoms with van der Waals surface area (Å²) in [6, 6.07) is 9.26. The first-order valence-electron chi connectivity index (χ1n) is 8.41. The topological polar surface area (TPSA) is 49.4 Å². The lowest BCUT2D eigenvalue weighted by Crippen LogP contribution is -2.28. The Bertz CT molecular complexity index is 892. The van der Waals surface area contributed by atoms with E-state index in [9.17, 15) is 35.9 Å². The van der Waals surface area contributed by atoms with Crippen LogP contribution in [0.5, 0.6) is 0 Å². The lowest BCUT2D eigenvalue weighted by molar-refractivity contribution is -0.143. The van der Waals surface area contributed by atoms with Crippen LogP contribution in [-0.4, -0.2) is 18.4 Å². The number of carbonyl (C=O) groups excluding carboxylic acids is 2. The van der Waals surface area contributed by atoms with Crippen molar-refractivity contribution in [1.82, 2.24) is 0 Å². The van der Waals surface area contributed by atoms with Crippen molar-refractivity contribution >= 4 is 23.2 Å². The Balaban J connectivity index is 1.81. The quantitative estimate of drug-likeness (QED) is 0.737. The van der Waals surface area contributed by atoms with E-state index in [4.69, 9.17) is 0 Å². The highest BCUT2D eigenvalue weighted by Crippen LogP contribution is 2.37. The van der Waals surface area contributed by atoms with Gasteiger partial charge in [-0.1, -0.05) is 18.2 Å². The average molecular weight is 416 g/mol. The highest BCUT2D eigenvalue weighted by atomic mass is 19.4. The third-order valence-corrected chi connectivity index (χ3v) is 4.42. The molecule has 2 aromatic rings. The average Bonchev–Trinajstić information content (AvgIpc) is 3.02. The van der Waals surface area contributed by atoms with Crippen LogP contribution in [0.2, 0.25) is 0 Å². The summed E-state index contributed by atoms with van der Waals surface area (Å²) >= 11 is 0. The standard InChI is InChI=1S/C19H14F6N2O2/c20-18(21,22)12-7-13(19(23,24)25)9-14(8-12)26-17(29)11-6-16(28)27(10-11)15-4-2-1-3-5-15/h1-5,7-9,11H,6,10H2,(H,26,29)/t11-/m0/s1. The number of alkyl halides is 6. The molecule has 29 heavy (non-hydrogen) atoms. The van der Waals surface area contributed by atoms with Gasteiger partial charge in [0, 0.05) is 24.3 Å². The second-order valence-electron chi connectivity index (χ2n) is 6.52. The molecule has 1 saturated heterocycles. The predicted octanol–water partition coefficient (Wildman–Crippen LogP) is 4.72. The zero-order chi connectivity index (χ0) is 21.4. The lowest BCUT2D eigenvalue weighted by atomic mass is 10.1. The van der Waals surface area contributed by atoms with Crippen molar-refractivity contribution in [2.24, 2.45) is 5.92 Å². The minimum absolute atomic E-state index is 0.0219. The summed E-state index contributed by atoms with van der Waals surface area (Å²) in [5, 5.41) is 2.08. The number of amides is 2. The fraction of sp³-hybridized carbons (Fsp3) is 0.263. The van der Waals surface area contributed by atoms with Gasteiger partial charge in [0.25, 0.3) is 0 Å². The molecule has 0 spiro atoms. The maximum Gasteiger partial charge on any atom is 0.416 e. The van der Waals surface area contributed by atoms with Crippen LogP contribution in [0.4, 0.5) is 37.7 Å². The van der Waals surface area contributed by atoms with Crippen molar-refractivity contribution in [2.45, 2.75) is 18.8 Å². The van der Waals surface area contributed by atoms with E-state index in [0.717, 1.165) is 0 Å². The largest absolute Gasteiger partial charge is 0.416 e. The highest BCUT2D eigenvalue weighted by Gasteiger charge is 2.38. The molecule has 2 aromatic carbocycles. The number of anilines is 2. The number of benzene rings is 2. The van der Waals surface area contributed by atoms with Gasteiger partial charge in [-0.2, -0.15) is 26.3 Å². The van der Waals surface area contributed by atoms with E-state index >= 15 is 0 Å². The first-order chi connectivity index (χ1) is 13.4. The van der Waals surface area contributed by atoms with Gasteiger partial charge in [-0.15, -0.1) is 0 Å². The number of hydrogen-bond acceptors (Lipinski definition) is 2. The van der Waals surface area contributed by atoms with Gasteiger partial charge in [-0.05, 0) is 30.3 Å². The minimum Gasteiger partial charge on any atom is -0.326 e. The fourth-order valence-electron chi connectivity index (χ4n) is 3.01. The van der Waals surface area contributed by atoms with Crippen molar-refractivity contribution in [2.75, 3.05) is 16.8 Å². The van der Waals surface area contributed by atoms with Gasteiger partial charge in [-0.25, -0.2) is 0 Å². The molecule has 1 N–H and O–H groups in total. The maximum absolute atomic E-state index is 12.9. The van der Waals surface area contributed by atoms with Crippen LogP contribution in [0, 0.1) is 5.92 Å². The molecule has 1 fully saturated rings. The monoisotopic (exact) mass is 416 g/mol. The summed E-state index contributed by atoms with van der Waals surface area (Å²) < 4.78 is 77.6. The maximum atomic E-state index is 12.9. The summed E-state index contributed by atoms with van der Waals surface area (Å²) in [6.45, 7) is -0.0280. The van der Waals surface area contributed by atoms with E-state index in [1.54, 1.807) is 30.3 Å². The van der Waals surface area contributed by atoms with Gasteiger partial charge in [-0.3, -0.25) is 9.59 Å². The van der Waals surface area contributed by atoms with Crippen LogP contribution in [0.3, 0.4) is 0 Å². The molecular formula is C19H14F6N2O2. The fourth-order valence-corrected chi connectivity index (χ4v) is 3.01. The number of carbonyl (C=O) groups is 2. The Morgan fingerprint density at radius 3 is 2.00 bits per heavy atom. The molecule has 10 heteroatoms. The van der Waals surface area contributed by atoms with Crippen molar-refractivity contribution < 1.29 is 35.9 Å². The van der Waals surface area contributed by atoms with Crippen molar-refractivity contribution in [3.8, 4) is 0 Å². The number of rotatable bonds is 3. The molecule has 0 aliphatic carbocycles. The van der Waals surface area contributed by atoms with Gasteiger partial charge in [0.1, 0.15) is 0 Å². The van der Waals surface area contributed by atoms with Crippen LogP contribution < -0.4 is 10.2 Å². The molecule has 1 atom stereocenters. The highest BCUT2D eigenvalue weighted by molar-refractivity contribution is 6.03. The van der Waals surface area contributed by atoms with E-state index in [1.807, 2.05) is 0 Å². The van der Waals surface area contributed by atoms with E-state index in [2.05, 4.69) is 5.32 Å². The minimum atomic E-state index is -5.02. The summed E-state index contributed by atoms with van der Waals surface area (Å²) in [7, 11) is 0. The summed E-state index contributed by atoms with van der Waals surface area (Å²) in [4.78, 5) is 25.9. The molecule has 1 heterocycles. The summed E-state index contributed by atoms with van der Waals surface area (Å²) in [6.07, 6.45) is -10.2. The van der Waals surface area contributed by atoms with Crippen LogP contribution in [0.25, 0.3) is 0 Å². The first-order valence-corrected chi connectivity index (χ1v) is 8.41. The molecule has 154 valence electrons. The van der Waals surface area contributed by atoms with E-state index in [1.165, 1.54) is 4.90 Å². The Morgan fingerprint density at radius 2 is 1.48 bits per heavy atom. The summed E-state index contributed by atoms with van der Waals surface area (Å²) in [5.74, 6) is -2.10. The van der Waals surface area contributed by atoms with Crippen molar-refractivity contribution in [3.05, 3.63) is 59.7 Å². The van der Waals surface area contributed by atoms with Crippen molar-refractivity contribution in [3.63, 3.8) is 0 Å². The van der Waals surface area contributed by atoms with Crippen LogP contribution in [0.1, 0.15) is 17.5 Å². The zero-order valence-electron chi connectivity index (χ0n) is 14.6. The Kier molecular flexibility index (Phi) is 5.29. The molecule has 0 unspecified atom stereocenters. The third kappa shape index (κ3) is 4.69. The zero-order valence-corrected chi connectivity index (χ0v) is 14.6. The number of para-hydroxylation sites is 1. The number of halogens is 6. The van der Waals surface area contributed by atoms with Crippen LogP contribution in [-0.2, 0) is 21.9 Å². The van der Waals surface area contributed by atoms with Gasteiger partial charge >= 0.3 is 12.4 Å². The molecule has 0 aromatic heterocycles. The van der Waals surface area contributed by atoms with Crippen LogP contribution in [0.15, 0.2) is 48.5 Å². The Morgan fingerprint density at radius 1 is 0.931 bits per heavy atom. The molecule has 3 rings (SSSR count). The smallest absolute Gasteiger partial charge is 0.326 e. The van der Waals surface area contributed by atoms with Gasteiger partial charge < -0.3 is 10.2 Å². The number of nitrogens with one attached hydrogen (secondary N) is 1. The second-order valence-corrected chi connectivity index (χ2v) is 6.52. The Hall–Kier alpha value is -3.04. The second kappa shape index (κ2) is 7.41. The molecule has 0 radical (unpaired) electrons. The number of nitrogens with zero attached hydrogens (tertiary/aromatic N) is 1. The van der Waals surface area contributed by atoms with Gasteiger partial charge in [0.2, 0.25) is 11.8 Å². The predicted molar refractivity (Wildman–Crippen MR) is 92.0 cm³/mol. The SMILES string of the molecule is O=C(Nc1cc(C(F)(F)F)cc(C(F)(F)F)c1)[C@H]1CC(=O)N(c2ccccc2)C1. The third-order valence-electron chi connectivity index (χ3n) is 4.42. The number of hydrogen-bond donors (Lipinski definition) is 1. The first kappa shape index (κ1) is 20.7.